The van der Waals surface area contributed by atoms with Crippen molar-refractivity contribution in [3.63, 3.8) is 0 Å². The van der Waals surface area contributed by atoms with Gasteiger partial charge < -0.3 is 5.32 Å². The van der Waals surface area contributed by atoms with E-state index in [0.717, 1.165) is 24.9 Å². The topological polar surface area (TPSA) is 92.5 Å². The summed E-state index contributed by atoms with van der Waals surface area (Å²) in [5.41, 5.74) is 3.26. The molecule has 2 aromatic carbocycles. The molecule has 0 spiro atoms. The molecule has 0 radical (unpaired) electrons. The lowest BCUT2D eigenvalue weighted by molar-refractivity contribution is -0.122. The number of primary sulfonamides is 1. The van der Waals surface area contributed by atoms with Crippen LogP contribution in [0.25, 0.3) is 0 Å². The molecule has 0 aliphatic heterocycles. The maximum atomic E-state index is 12.4. The van der Waals surface area contributed by atoms with Crippen LogP contribution in [0.1, 0.15) is 29.5 Å². The molecule has 1 saturated carbocycles. The number of hydrogen-bond donors (Lipinski definition) is 2. The minimum atomic E-state index is -3.70. The van der Waals surface area contributed by atoms with Gasteiger partial charge >= 0.3 is 0 Å². The van der Waals surface area contributed by atoms with Gasteiger partial charge in [-0.1, -0.05) is 42.0 Å². The molecule has 0 unspecified atom stereocenters. The first-order chi connectivity index (χ1) is 12.8. The molecule has 0 heterocycles. The molecule has 0 aromatic heterocycles. The number of hydrogen-bond acceptors (Lipinski definition) is 4. The Kier molecular flexibility index (Phi) is 5.94. The first-order valence-electron chi connectivity index (χ1n) is 8.99. The molecular weight excluding hydrogens is 362 g/mol. The van der Waals surface area contributed by atoms with E-state index in [1.807, 2.05) is 0 Å². The smallest absolute Gasteiger partial charge is 0.238 e. The van der Waals surface area contributed by atoms with Crippen molar-refractivity contribution in [1.29, 1.82) is 0 Å². The molecule has 144 valence electrons. The molecule has 3 N–H and O–H groups in total. The zero-order chi connectivity index (χ0) is 19.4. The fraction of sp³-hybridized carbons (Fsp3) is 0.350. The SMILES string of the molecule is Cc1ccc(CN(CC(=O)NCc2ccc(S(N)(=O)=O)cc2)C2CC2)cc1. The number of benzene rings is 2. The highest BCUT2D eigenvalue weighted by atomic mass is 32.2. The highest BCUT2D eigenvalue weighted by molar-refractivity contribution is 7.89. The normalized spacial score (nSPS) is 14.3. The molecule has 6 nitrogen and oxygen atoms in total. The number of aryl methyl sites for hydroxylation is 1. The molecule has 7 heteroatoms. The zero-order valence-corrected chi connectivity index (χ0v) is 16.2. The molecule has 27 heavy (non-hydrogen) atoms. The predicted octanol–water partition coefficient (Wildman–Crippen LogP) is 1.92. The van der Waals surface area contributed by atoms with E-state index < -0.39 is 10.0 Å². The predicted molar refractivity (Wildman–Crippen MR) is 104 cm³/mol. The van der Waals surface area contributed by atoms with Crippen molar-refractivity contribution in [1.82, 2.24) is 10.2 Å². The summed E-state index contributed by atoms with van der Waals surface area (Å²) < 4.78 is 22.5. The fourth-order valence-electron chi connectivity index (χ4n) is 2.92. The first kappa shape index (κ1) is 19.5. The molecule has 0 atom stereocenters. The van der Waals surface area contributed by atoms with Crippen LogP contribution in [0.3, 0.4) is 0 Å². The van der Waals surface area contributed by atoms with E-state index in [0.29, 0.717) is 19.1 Å². The third-order valence-electron chi connectivity index (χ3n) is 4.66. The Morgan fingerprint density at radius 1 is 1.07 bits per heavy atom. The standard InChI is InChI=1S/C20H25N3O3S/c1-15-2-4-17(5-3-15)13-23(18-8-9-18)14-20(24)22-12-16-6-10-19(11-7-16)27(21,25)26/h2-7,10-11,18H,8-9,12-14H2,1H3,(H,22,24)(H2,21,25,26). The summed E-state index contributed by atoms with van der Waals surface area (Å²) >= 11 is 0. The summed E-state index contributed by atoms with van der Waals surface area (Å²) in [5.74, 6) is -0.0375. The lowest BCUT2D eigenvalue weighted by Gasteiger charge is -2.21. The van der Waals surface area contributed by atoms with Crippen LogP contribution in [0.5, 0.6) is 0 Å². The van der Waals surface area contributed by atoms with E-state index >= 15 is 0 Å². The monoisotopic (exact) mass is 387 g/mol. The van der Waals surface area contributed by atoms with Crippen molar-refractivity contribution in [2.75, 3.05) is 6.54 Å². The van der Waals surface area contributed by atoms with Crippen LogP contribution < -0.4 is 10.5 Å². The van der Waals surface area contributed by atoms with Gasteiger partial charge in [-0.15, -0.1) is 0 Å². The minimum absolute atomic E-state index is 0.0375. The molecule has 0 bridgehead atoms. The summed E-state index contributed by atoms with van der Waals surface area (Å²) in [7, 11) is -3.70. The van der Waals surface area contributed by atoms with Gasteiger partial charge in [-0.25, -0.2) is 13.6 Å². The van der Waals surface area contributed by atoms with Crippen molar-refractivity contribution in [2.45, 2.75) is 43.8 Å². The van der Waals surface area contributed by atoms with E-state index in [2.05, 4.69) is 41.4 Å². The van der Waals surface area contributed by atoms with Crippen LogP contribution in [0.4, 0.5) is 0 Å². The Morgan fingerprint density at radius 3 is 2.22 bits per heavy atom. The van der Waals surface area contributed by atoms with Crippen molar-refractivity contribution < 1.29 is 13.2 Å². The van der Waals surface area contributed by atoms with Crippen LogP contribution >= 0.6 is 0 Å². The number of sulfonamides is 1. The summed E-state index contributed by atoms with van der Waals surface area (Å²) in [6.07, 6.45) is 2.27. The van der Waals surface area contributed by atoms with Crippen molar-refractivity contribution in [3.8, 4) is 0 Å². The van der Waals surface area contributed by atoms with Crippen molar-refractivity contribution >= 4 is 15.9 Å². The third-order valence-corrected chi connectivity index (χ3v) is 5.59. The second-order valence-corrected chi connectivity index (χ2v) is 8.65. The van der Waals surface area contributed by atoms with Crippen molar-refractivity contribution in [2.24, 2.45) is 5.14 Å². The van der Waals surface area contributed by atoms with Gasteiger partial charge in [0.2, 0.25) is 15.9 Å². The van der Waals surface area contributed by atoms with Gasteiger partial charge in [0, 0.05) is 19.1 Å². The Morgan fingerprint density at radius 2 is 1.67 bits per heavy atom. The molecule has 0 saturated heterocycles. The largest absolute Gasteiger partial charge is 0.351 e. The minimum Gasteiger partial charge on any atom is -0.351 e. The van der Waals surface area contributed by atoms with Gasteiger partial charge in [0.25, 0.3) is 0 Å². The number of carbonyl (C=O) groups is 1. The molecule has 3 rings (SSSR count). The highest BCUT2D eigenvalue weighted by Gasteiger charge is 2.30. The highest BCUT2D eigenvalue weighted by Crippen LogP contribution is 2.28. The quantitative estimate of drug-likeness (QED) is 0.724. The van der Waals surface area contributed by atoms with Gasteiger partial charge in [0.1, 0.15) is 0 Å². The van der Waals surface area contributed by atoms with Crippen molar-refractivity contribution in [3.05, 3.63) is 65.2 Å². The Balaban J connectivity index is 1.53. The summed E-state index contributed by atoms with van der Waals surface area (Å²) in [4.78, 5) is 14.6. The Hall–Kier alpha value is -2.22. The Bertz CT molecular complexity index is 889. The first-order valence-corrected chi connectivity index (χ1v) is 10.5. The van der Waals surface area contributed by atoms with Crippen LogP contribution in [0, 0.1) is 6.92 Å². The lowest BCUT2D eigenvalue weighted by atomic mass is 10.1. The molecule has 1 amide bonds. The lowest BCUT2D eigenvalue weighted by Crippen LogP contribution is -2.37. The van der Waals surface area contributed by atoms with E-state index in [9.17, 15) is 13.2 Å². The number of nitrogens with one attached hydrogen (secondary N) is 1. The van der Waals surface area contributed by atoms with E-state index in [-0.39, 0.29) is 10.8 Å². The van der Waals surface area contributed by atoms with Crippen LogP contribution in [-0.4, -0.2) is 31.8 Å². The van der Waals surface area contributed by atoms with E-state index in [4.69, 9.17) is 5.14 Å². The second-order valence-electron chi connectivity index (χ2n) is 7.09. The average Bonchev–Trinajstić information content (AvgIpc) is 3.46. The van der Waals surface area contributed by atoms with Crippen LogP contribution in [-0.2, 0) is 27.9 Å². The molecule has 2 aromatic rings. The van der Waals surface area contributed by atoms with Crippen LogP contribution in [0.15, 0.2) is 53.4 Å². The summed E-state index contributed by atoms with van der Waals surface area (Å²) in [5, 5.41) is 7.99. The maximum absolute atomic E-state index is 12.4. The number of nitrogens with two attached hydrogens (primary N) is 1. The number of carbonyl (C=O) groups excluding carboxylic acids is 1. The van der Waals surface area contributed by atoms with Gasteiger partial charge in [-0.2, -0.15) is 0 Å². The average molecular weight is 388 g/mol. The van der Waals surface area contributed by atoms with Gasteiger partial charge in [0.15, 0.2) is 0 Å². The maximum Gasteiger partial charge on any atom is 0.238 e. The third kappa shape index (κ3) is 5.89. The molecular formula is C20H25N3O3S. The van der Waals surface area contributed by atoms with Gasteiger partial charge in [-0.05, 0) is 43.0 Å². The number of amides is 1. The second kappa shape index (κ2) is 8.21. The molecule has 1 fully saturated rings. The fourth-order valence-corrected chi connectivity index (χ4v) is 3.44. The zero-order valence-electron chi connectivity index (χ0n) is 15.4. The van der Waals surface area contributed by atoms with Gasteiger partial charge in [0.05, 0.1) is 11.4 Å². The van der Waals surface area contributed by atoms with E-state index in [1.165, 1.54) is 23.3 Å². The summed E-state index contributed by atoms with van der Waals surface area (Å²) in [6.45, 7) is 3.54. The van der Waals surface area contributed by atoms with Crippen LogP contribution in [0.2, 0.25) is 0 Å². The molecule has 1 aliphatic carbocycles. The molecule has 1 aliphatic rings. The number of rotatable bonds is 8. The van der Waals surface area contributed by atoms with Gasteiger partial charge in [-0.3, -0.25) is 9.69 Å². The van der Waals surface area contributed by atoms with E-state index in [1.54, 1.807) is 12.1 Å². The summed E-state index contributed by atoms with van der Waals surface area (Å²) in [6, 6.07) is 15.1. The number of nitrogens with zero attached hydrogens (tertiary/aromatic N) is 1. The Labute approximate surface area is 160 Å².